The van der Waals surface area contributed by atoms with Gasteiger partial charge in [-0.15, -0.1) is 0 Å². The van der Waals surface area contributed by atoms with Crippen LogP contribution in [0.5, 0.6) is 0 Å². The van der Waals surface area contributed by atoms with Crippen LogP contribution in [0.1, 0.15) is 5.56 Å². The van der Waals surface area contributed by atoms with Gasteiger partial charge in [-0.05, 0) is 5.56 Å². The van der Waals surface area contributed by atoms with Gasteiger partial charge in [0, 0.05) is 32.7 Å². The summed E-state index contributed by atoms with van der Waals surface area (Å²) in [5.74, 6) is 0. The number of piperazine rings is 1. The van der Waals surface area contributed by atoms with Crippen LogP contribution < -0.4 is 0 Å². The normalized spacial score (nSPS) is 18.1. The smallest absolute Gasteiger partial charge is 0.0717 e. The Morgan fingerprint density at radius 2 is 1.78 bits per heavy atom. The molecule has 0 radical (unpaired) electrons. The second-order valence-corrected chi connectivity index (χ2v) is 4.49. The molecule has 18 heavy (non-hydrogen) atoms. The number of hydrogen-bond donors (Lipinski definition) is 0. The lowest BCUT2D eigenvalue weighted by atomic mass is 10.2. The Morgan fingerprint density at radius 3 is 2.44 bits per heavy atom. The van der Waals surface area contributed by atoms with Gasteiger partial charge in [0.15, 0.2) is 0 Å². The molecular formula is C14H22N2O2. The van der Waals surface area contributed by atoms with E-state index in [4.69, 9.17) is 9.57 Å². The molecule has 4 nitrogen and oxygen atoms in total. The molecule has 1 aliphatic rings. The number of hydrogen-bond acceptors (Lipinski definition) is 4. The fourth-order valence-corrected chi connectivity index (χ4v) is 2.09. The summed E-state index contributed by atoms with van der Waals surface area (Å²) in [4.78, 5) is 7.62. The summed E-state index contributed by atoms with van der Waals surface area (Å²) in [7, 11) is 1.73. The topological polar surface area (TPSA) is 24.9 Å². The Balaban J connectivity index is 1.56. The first-order chi connectivity index (χ1) is 8.88. The van der Waals surface area contributed by atoms with Gasteiger partial charge in [0.25, 0.3) is 0 Å². The van der Waals surface area contributed by atoms with Crippen molar-refractivity contribution in [2.75, 3.05) is 46.4 Å². The molecule has 1 aliphatic heterocycles. The molecule has 4 heteroatoms. The van der Waals surface area contributed by atoms with Crippen molar-refractivity contribution in [2.45, 2.75) is 6.61 Å². The Bertz CT molecular complexity index is 324. The summed E-state index contributed by atoms with van der Waals surface area (Å²) >= 11 is 0. The van der Waals surface area contributed by atoms with Crippen molar-refractivity contribution in [1.29, 1.82) is 0 Å². The van der Waals surface area contributed by atoms with Crippen molar-refractivity contribution in [3.8, 4) is 0 Å². The summed E-state index contributed by atoms with van der Waals surface area (Å²) in [6.07, 6.45) is 0. The summed E-state index contributed by atoms with van der Waals surface area (Å²) in [5, 5.41) is 2.00. The van der Waals surface area contributed by atoms with E-state index in [1.165, 1.54) is 5.56 Å². The van der Waals surface area contributed by atoms with Gasteiger partial charge in [-0.3, -0.25) is 4.90 Å². The van der Waals surface area contributed by atoms with Gasteiger partial charge in [-0.1, -0.05) is 30.3 Å². The van der Waals surface area contributed by atoms with E-state index >= 15 is 0 Å². The van der Waals surface area contributed by atoms with Crippen molar-refractivity contribution < 1.29 is 9.57 Å². The van der Waals surface area contributed by atoms with Crippen molar-refractivity contribution in [1.82, 2.24) is 9.96 Å². The molecule has 1 aromatic rings. The first-order valence-corrected chi connectivity index (χ1v) is 6.51. The maximum atomic E-state index is 5.69. The van der Waals surface area contributed by atoms with Gasteiger partial charge < -0.3 is 9.57 Å². The monoisotopic (exact) mass is 250 g/mol. The third-order valence-electron chi connectivity index (χ3n) is 3.25. The van der Waals surface area contributed by atoms with Crippen molar-refractivity contribution in [2.24, 2.45) is 0 Å². The summed E-state index contributed by atoms with van der Waals surface area (Å²) in [6.45, 7) is 6.58. The van der Waals surface area contributed by atoms with E-state index in [0.717, 1.165) is 39.3 Å². The van der Waals surface area contributed by atoms with Crippen LogP contribution >= 0.6 is 0 Å². The second-order valence-electron chi connectivity index (χ2n) is 4.49. The molecule has 0 N–H and O–H groups in total. The Hall–Kier alpha value is -0.940. The Kier molecular flexibility index (Phi) is 5.61. The summed E-state index contributed by atoms with van der Waals surface area (Å²) < 4.78 is 5.69. The zero-order chi connectivity index (χ0) is 12.6. The largest absolute Gasteiger partial charge is 0.375 e. The van der Waals surface area contributed by atoms with Crippen LogP contribution in [0.4, 0.5) is 0 Å². The second kappa shape index (κ2) is 7.48. The predicted octanol–water partition coefficient (Wildman–Crippen LogP) is 1.38. The molecule has 0 aromatic heterocycles. The molecule has 0 aliphatic carbocycles. The number of nitrogens with zero attached hydrogens (tertiary/aromatic N) is 2. The minimum absolute atomic E-state index is 0.707. The third kappa shape index (κ3) is 4.38. The summed E-state index contributed by atoms with van der Waals surface area (Å²) in [5.41, 5.74) is 1.24. The number of rotatable bonds is 6. The van der Waals surface area contributed by atoms with E-state index in [2.05, 4.69) is 17.0 Å². The molecule has 1 fully saturated rings. The Morgan fingerprint density at radius 1 is 1.06 bits per heavy atom. The van der Waals surface area contributed by atoms with Crippen molar-refractivity contribution in [3.05, 3.63) is 35.9 Å². The maximum absolute atomic E-state index is 5.69. The molecule has 1 aromatic carbocycles. The zero-order valence-corrected chi connectivity index (χ0v) is 11.0. The van der Waals surface area contributed by atoms with E-state index in [9.17, 15) is 0 Å². The molecule has 0 amide bonds. The van der Waals surface area contributed by atoms with Gasteiger partial charge in [0.1, 0.15) is 0 Å². The first kappa shape index (κ1) is 13.5. The van der Waals surface area contributed by atoms with Gasteiger partial charge in [-0.25, -0.2) is 0 Å². The number of ether oxygens (including phenoxy) is 1. The maximum Gasteiger partial charge on any atom is 0.0717 e. The van der Waals surface area contributed by atoms with E-state index in [1.807, 2.05) is 23.3 Å². The zero-order valence-electron chi connectivity index (χ0n) is 11.0. The molecule has 0 saturated carbocycles. The van der Waals surface area contributed by atoms with Crippen LogP contribution in [-0.4, -0.2) is 56.4 Å². The van der Waals surface area contributed by atoms with E-state index in [-0.39, 0.29) is 0 Å². The van der Waals surface area contributed by atoms with Crippen molar-refractivity contribution in [3.63, 3.8) is 0 Å². The van der Waals surface area contributed by atoms with Gasteiger partial charge in [0.05, 0.1) is 20.3 Å². The molecule has 100 valence electrons. The highest BCUT2D eigenvalue weighted by Gasteiger charge is 2.15. The molecule has 0 bridgehead atoms. The van der Waals surface area contributed by atoms with Gasteiger partial charge in [-0.2, -0.15) is 5.06 Å². The lowest BCUT2D eigenvalue weighted by molar-refractivity contribution is -0.152. The van der Waals surface area contributed by atoms with Crippen LogP contribution in [0.15, 0.2) is 30.3 Å². The SMILES string of the molecule is CON1CCN(CCOCc2ccccc2)CC1. The van der Waals surface area contributed by atoms with Crippen LogP contribution in [0.2, 0.25) is 0 Å². The summed E-state index contributed by atoms with van der Waals surface area (Å²) in [6, 6.07) is 10.3. The lowest BCUT2D eigenvalue weighted by Crippen LogP contribution is -2.46. The molecular weight excluding hydrogens is 228 g/mol. The fraction of sp³-hybridized carbons (Fsp3) is 0.571. The lowest BCUT2D eigenvalue weighted by Gasteiger charge is -2.32. The van der Waals surface area contributed by atoms with E-state index < -0.39 is 0 Å². The highest BCUT2D eigenvalue weighted by molar-refractivity contribution is 5.13. The molecule has 1 heterocycles. The van der Waals surface area contributed by atoms with Crippen LogP contribution in [-0.2, 0) is 16.2 Å². The van der Waals surface area contributed by atoms with E-state index in [0.29, 0.717) is 6.61 Å². The Labute approximate surface area is 109 Å². The van der Waals surface area contributed by atoms with Gasteiger partial charge in [0.2, 0.25) is 0 Å². The molecule has 0 atom stereocenters. The number of benzene rings is 1. The highest BCUT2D eigenvalue weighted by atomic mass is 16.7. The van der Waals surface area contributed by atoms with Crippen LogP contribution in [0.25, 0.3) is 0 Å². The molecule has 0 spiro atoms. The molecule has 2 rings (SSSR count). The van der Waals surface area contributed by atoms with Crippen LogP contribution in [0.3, 0.4) is 0 Å². The first-order valence-electron chi connectivity index (χ1n) is 6.51. The predicted molar refractivity (Wildman–Crippen MR) is 71.1 cm³/mol. The average molecular weight is 250 g/mol. The van der Waals surface area contributed by atoms with Gasteiger partial charge >= 0.3 is 0 Å². The minimum atomic E-state index is 0.707. The quantitative estimate of drug-likeness (QED) is 0.712. The molecule has 1 saturated heterocycles. The average Bonchev–Trinajstić information content (AvgIpc) is 2.45. The molecule has 0 unspecified atom stereocenters. The number of hydroxylamine groups is 2. The van der Waals surface area contributed by atoms with Crippen LogP contribution in [0, 0.1) is 0 Å². The van der Waals surface area contributed by atoms with E-state index in [1.54, 1.807) is 7.11 Å². The highest BCUT2D eigenvalue weighted by Crippen LogP contribution is 2.03. The van der Waals surface area contributed by atoms with Crippen molar-refractivity contribution >= 4 is 0 Å². The fourth-order valence-electron chi connectivity index (χ4n) is 2.09. The third-order valence-corrected chi connectivity index (χ3v) is 3.25. The standard InChI is InChI=1S/C14H22N2O2/c1-17-16-9-7-15(8-10-16)11-12-18-13-14-5-3-2-4-6-14/h2-6H,7-13H2,1H3. The minimum Gasteiger partial charge on any atom is -0.375 e.